The van der Waals surface area contributed by atoms with Crippen molar-refractivity contribution < 1.29 is 9.26 Å². The Labute approximate surface area is 149 Å². The second-order valence-corrected chi connectivity index (χ2v) is 6.36. The lowest BCUT2D eigenvalue weighted by Gasteiger charge is -2.24. The zero-order valence-electron chi connectivity index (χ0n) is 14.5. The SMILES string of the molecule is CNC(C)Cc1noc(CC2CCCc3cc(OC)ccc32)n1.Cl. The summed E-state index contributed by atoms with van der Waals surface area (Å²) >= 11 is 0. The summed E-state index contributed by atoms with van der Waals surface area (Å²) in [6.07, 6.45) is 5.10. The molecule has 2 unspecified atom stereocenters. The number of hydrogen-bond donors (Lipinski definition) is 1. The number of aromatic nitrogens is 2. The van der Waals surface area contributed by atoms with Crippen LogP contribution in [0.2, 0.25) is 0 Å². The van der Waals surface area contributed by atoms with Crippen LogP contribution in [0.15, 0.2) is 22.7 Å². The average molecular weight is 352 g/mol. The van der Waals surface area contributed by atoms with Crippen LogP contribution < -0.4 is 10.1 Å². The minimum absolute atomic E-state index is 0. The fourth-order valence-corrected chi connectivity index (χ4v) is 3.27. The molecule has 1 aromatic carbocycles. The number of likely N-dealkylation sites (N-methyl/N-ethyl adjacent to an activating group) is 1. The van der Waals surface area contributed by atoms with Gasteiger partial charge < -0.3 is 14.6 Å². The van der Waals surface area contributed by atoms with Gasteiger partial charge in [-0.15, -0.1) is 12.4 Å². The number of methoxy groups -OCH3 is 1. The van der Waals surface area contributed by atoms with Crippen molar-refractivity contribution >= 4 is 12.4 Å². The van der Waals surface area contributed by atoms with Crippen molar-refractivity contribution in [2.24, 2.45) is 0 Å². The van der Waals surface area contributed by atoms with E-state index in [2.05, 4.69) is 34.5 Å². The van der Waals surface area contributed by atoms with Gasteiger partial charge in [-0.2, -0.15) is 4.98 Å². The highest BCUT2D eigenvalue weighted by atomic mass is 35.5. The van der Waals surface area contributed by atoms with Crippen LogP contribution in [0.1, 0.15) is 48.5 Å². The number of hydrogen-bond acceptors (Lipinski definition) is 5. The Morgan fingerprint density at radius 2 is 2.25 bits per heavy atom. The molecule has 0 fully saturated rings. The molecular formula is C18H26ClN3O2. The van der Waals surface area contributed by atoms with Crippen molar-refractivity contribution in [2.75, 3.05) is 14.2 Å². The third kappa shape index (κ3) is 4.28. The summed E-state index contributed by atoms with van der Waals surface area (Å²) in [5.74, 6) is 2.93. The van der Waals surface area contributed by atoms with Gasteiger partial charge in [0, 0.05) is 18.9 Å². The fourth-order valence-electron chi connectivity index (χ4n) is 3.27. The van der Waals surface area contributed by atoms with Gasteiger partial charge in [0.15, 0.2) is 5.82 Å². The maximum Gasteiger partial charge on any atom is 0.227 e. The van der Waals surface area contributed by atoms with Gasteiger partial charge >= 0.3 is 0 Å². The van der Waals surface area contributed by atoms with Gasteiger partial charge in [0.1, 0.15) is 5.75 Å². The zero-order chi connectivity index (χ0) is 16.2. The first-order valence-corrected chi connectivity index (χ1v) is 8.35. The molecule has 1 aliphatic rings. The molecular weight excluding hydrogens is 326 g/mol. The van der Waals surface area contributed by atoms with E-state index in [0.29, 0.717) is 12.0 Å². The van der Waals surface area contributed by atoms with Crippen molar-refractivity contribution in [3.63, 3.8) is 0 Å². The number of halogens is 1. The van der Waals surface area contributed by atoms with E-state index in [1.54, 1.807) is 7.11 Å². The minimum Gasteiger partial charge on any atom is -0.497 e. The van der Waals surface area contributed by atoms with Gasteiger partial charge in [0.2, 0.25) is 5.89 Å². The van der Waals surface area contributed by atoms with Crippen molar-refractivity contribution in [3.8, 4) is 5.75 Å². The van der Waals surface area contributed by atoms with Crippen LogP contribution in [0, 0.1) is 0 Å². The Balaban J connectivity index is 0.00000208. The smallest absolute Gasteiger partial charge is 0.227 e. The Bertz CT molecular complexity index is 659. The first-order valence-electron chi connectivity index (χ1n) is 8.35. The van der Waals surface area contributed by atoms with E-state index in [0.717, 1.165) is 36.7 Å². The maximum atomic E-state index is 5.46. The molecule has 1 aromatic heterocycles. The van der Waals surface area contributed by atoms with E-state index in [-0.39, 0.29) is 12.4 Å². The second kappa shape index (κ2) is 8.49. The maximum absolute atomic E-state index is 5.46. The summed E-state index contributed by atoms with van der Waals surface area (Å²) in [4.78, 5) is 4.56. The molecule has 24 heavy (non-hydrogen) atoms. The number of ether oxygens (including phenoxy) is 1. The molecule has 1 aliphatic carbocycles. The lowest BCUT2D eigenvalue weighted by Crippen LogP contribution is -2.24. The highest BCUT2D eigenvalue weighted by Crippen LogP contribution is 2.35. The third-order valence-corrected chi connectivity index (χ3v) is 4.70. The van der Waals surface area contributed by atoms with Crippen LogP contribution in [-0.2, 0) is 19.3 Å². The fraction of sp³-hybridized carbons (Fsp3) is 0.556. The summed E-state index contributed by atoms with van der Waals surface area (Å²) in [7, 11) is 3.66. The van der Waals surface area contributed by atoms with Gasteiger partial charge in [-0.05, 0) is 62.4 Å². The van der Waals surface area contributed by atoms with E-state index in [1.165, 1.54) is 24.0 Å². The number of fused-ring (bicyclic) bond motifs is 1. The molecule has 2 aromatic rings. The molecule has 0 saturated carbocycles. The number of benzene rings is 1. The Hall–Kier alpha value is -1.59. The molecule has 0 aliphatic heterocycles. The Kier molecular flexibility index (Phi) is 6.63. The summed E-state index contributed by atoms with van der Waals surface area (Å²) in [5, 5.41) is 7.30. The van der Waals surface area contributed by atoms with Crippen LogP contribution in [0.4, 0.5) is 0 Å². The largest absolute Gasteiger partial charge is 0.497 e. The first-order chi connectivity index (χ1) is 11.2. The molecule has 0 saturated heterocycles. The summed E-state index contributed by atoms with van der Waals surface area (Å²) in [5.41, 5.74) is 2.80. The monoisotopic (exact) mass is 351 g/mol. The molecule has 0 spiro atoms. The van der Waals surface area contributed by atoms with Crippen molar-refractivity contribution in [1.29, 1.82) is 0 Å². The molecule has 3 rings (SSSR count). The Morgan fingerprint density at radius 1 is 1.42 bits per heavy atom. The van der Waals surface area contributed by atoms with Gasteiger partial charge in [-0.3, -0.25) is 0 Å². The van der Waals surface area contributed by atoms with Crippen LogP contribution in [0.25, 0.3) is 0 Å². The number of nitrogens with zero attached hydrogens (tertiary/aromatic N) is 2. The van der Waals surface area contributed by atoms with Crippen molar-refractivity contribution in [2.45, 2.75) is 51.0 Å². The lowest BCUT2D eigenvalue weighted by atomic mass is 9.81. The number of aryl methyl sites for hydroxylation is 1. The van der Waals surface area contributed by atoms with Crippen molar-refractivity contribution in [3.05, 3.63) is 41.0 Å². The minimum atomic E-state index is 0. The highest BCUT2D eigenvalue weighted by molar-refractivity contribution is 5.85. The van der Waals surface area contributed by atoms with Gasteiger partial charge in [0.05, 0.1) is 7.11 Å². The predicted octanol–water partition coefficient (Wildman–Crippen LogP) is 3.31. The summed E-state index contributed by atoms with van der Waals surface area (Å²) < 4.78 is 10.8. The molecule has 0 amide bonds. The molecule has 2 atom stereocenters. The van der Waals surface area contributed by atoms with Gasteiger partial charge in [0.25, 0.3) is 0 Å². The van der Waals surface area contributed by atoms with E-state index in [4.69, 9.17) is 9.26 Å². The number of rotatable bonds is 6. The summed E-state index contributed by atoms with van der Waals surface area (Å²) in [6, 6.07) is 6.75. The van der Waals surface area contributed by atoms with E-state index >= 15 is 0 Å². The summed E-state index contributed by atoms with van der Waals surface area (Å²) in [6.45, 7) is 2.11. The molecule has 1 heterocycles. The second-order valence-electron chi connectivity index (χ2n) is 6.36. The van der Waals surface area contributed by atoms with Crippen LogP contribution >= 0.6 is 12.4 Å². The molecule has 132 valence electrons. The topological polar surface area (TPSA) is 60.2 Å². The average Bonchev–Trinajstić information content (AvgIpc) is 3.01. The third-order valence-electron chi connectivity index (χ3n) is 4.70. The Morgan fingerprint density at radius 3 is 3.00 bits per heavy atom. The van der Waals surface area contributed by atoms with Crippen LogP contribution in [0.5, 0.6) is 5.75 Å². The van der Waals surface area contributed by atoms with E-state index in [9.17, 15) is 0 Å². The zero-order valence-corrected chi connectivity index (χ0v) is 15.4. The van der Waals surface area contributed by atoms with Crippen LogP contribution in [-0.4, -0.2) is 30.3 Å². The lowest BCUT2D eigenvalue weighted by molar-refractivity contribution is 0.356. The number of nitrogens with one attached hydrogen (secondary N) is 1. The van der Waals surface area contributed by atoms with E-state index in [1.807, 2.05) is 13.1 Å². The standard InChI is InChI=1S/C18H25N3O2.ClH/c1-12(19-2)9-17-20-18(23-21-17)11-14-6-4-5-13-10-15(22-3)7-8-16(13)14;/h7-8,10,12,14,19H,4-6,9,11H2,1-3H3;1H. The molecule has 6 heteroatoms. The highest BCUT2D eigenvalue weighted by Gasteiger charge is 2.23. The van der Waals surface area contributed by atoms with Crippen LogP contribution in [0.3, 0.4) is 0 Å². The van der Waals surface area contributed by atoms with E-state index < -0.39 is 0 Å². The predicted molar refractivity (Wildman–Crippen MR) is 96.1 cm³/mol. The van der Waals surface area contributed by atoms with Gasteiger partial charge in [-0.25, -0.2) is 0 Å². The molecule has 0 radical (unpaired) electrons. The quantitative estimate of drug-likeness (QED) is 0.865. The molecule has 5 nitrogen and oxygen atoms in total. The molecule has 0 bridgehead atoms. The van der Waals surface area contributed by atoms with Gasteiger partial charge in [-0.1, -0.05) is 11.2 Å². The van der Waals surface area contributed by atoms with Crippen molar-refractivity contribution in [1.82, 2.24) is 15.5 Å². The normalized spacial score (nSPS) is 17.7. The first kappa shape index (κ1) is 18.7. The molecule has 1 N–H and O–H groups in total.